The van der Waals surface area contributed by atoms with Gasteiger partial charge in [-0.15, -0.1) is 0 Å². The molecule has 0 saturated heterocycles. The molecule has 0 bridgehead atoms. The van der Waals surface area contributed by atoms with Gasteiger partial charge in [-0.3, -0.25) is 15.6 Å². The Balaban J connectivity index is 1.61. The highest BCUT2D eigenvalue weighted by atomic mass is 35.5. The number of anilines is 1. The highest BCUT2D eigenvalue weighted by Gasteiger charge is 2.15. The lowest BCUT2D eigenvalue weighted by Gasteiger charge is -2.11. The molecular formula is C19H14Cl2N6O2. The predicted molar refractivity (Wildman–Crippen MR) is 111 cm³/mol. The van der Waals surface area contributed by atoms with Crippen LogP contribution in [0.25, 0.3) is 16.7 Å². The summed E-state index contributed by atoms with van der Waals surface area (Å²) in [5, 5.41) is 5.81. The van der Waals surface area contributed by atoms with E-state index in [2.05, 4.69) is 25.9 Å². The Bertz CT molecular complexity index is 1210. The van der Waals surface area contributed by atoms with Crippen molar-refractivity contribution in [3.63, 3.8) is 0 Å². The van der Waals surface area contributed by atoms with Gasteiger partial charge < -0.3 is 4.74 Å². The molecule has 0 fully saturated rings. The molecule has 0 aliphatic carbocycles. The number of rotatable bonds is 5. The van der Waals surface area contributed by atoms with Crippen LogP contribution in [0.3, 0.4) is 0 Å². The highest BCUT2D eigenvalue weighted by molar-refractivity contribution is 6.42. The second-order valence-electron chi connectivity index (χ2n) is 5.89. The Morgan fingerprint density at radius 2 is 1.93 bits per heavy atom. The molecule has 0 atom stereocenters. The summed E-state index contributed by atoms with van der Waals surface area (Å²) in [4.78, 5) is 21.0. The summed E-state index contributed by atoms with van der Waals surface area (Å²) in [5.41, 5.74) is 7.04. The number of carbonyl (C=O) groups is 1. The lowest BCUT2D eigenvalue weighted by molar-refractivity contribution is 0.0959. The minimum Gasteiger partial charge on any atom is -0.496 e. The molecule has 2 aromatic heterocycles. The van der Waals surface area contributed by atoms with E-state index in [-0.39, 0.29) is 5.91 Å². The van der Waals surface area contributed by atoms with Crippen molar-refractivity contribution in [2.75, 3.05) is 12.5 Å². The minimum atomic E-state index is -0.369. The van der Waals surface area contributed by atoms with Gasteiger partial charge in [0.2, 0.25) is 0 Å². The summed E-state index contributed by atoms with van der Waals surface area (Å²) in [5.74, 6) is 0.489. The van der Waals surface area contributed by atoms with Crippen LogP contribution in [0.15, 0.2) is 55.0 Å². The number of amides is 1. The maximum atomic E-state index is 12.5. The smallest absolute Gasteiger partial charge is 0.273 e. The second-order valence-corrected chi connectivity index (χ2v) is 6.71. The predicted octanol–water partition coefficient (Wildman–Crippen LogP) is 3.89. The normalized spacial score (nSPS) is 10.7. The second kappa shape index (κ2) is 7.94. The molecule has 2 aromatic carbocycles. The van der Waals surface area contributed by atoms with Gasteiger partial charge in [0.25, 0.3) is 5.91 Å². The average molecular weight is 429 g/mol. The SMILES string of the molecule is COc1ccccc1C(=O)NNc1ncnc2c1cnn2-c1ccc(Cl)c(Cl)c1. The van der Waals surface area contributed by atoms with Crippen LogP contribution < -0.4 is 15.6 Å². The monoisotopic (exact) mass is 428 g/mol. The number of hydrazine groups is 1. The van der Waals surface area contributed by atoms with Gasteiger partial charge in [0.05, 0.1) is 40.0 Å². The maximum Gasteiger partial charge on any atom is 0.273 e. The molecule has 2 N–H and O–H groups in total. The first kappa shape index (κ1) is 19.0. The zero-order valence-corrected chi connectivity index (χ0v) is 16.6. The molecule has 1 amide bonds. The van der Waals surface area contributed by atoms with E-state index in [9.17, 15) is 4.79 Å². The van der Waals surface area contributed by atoms with Crippen LogP contribution in [-0.4, -0.2) is 32.8 Å². The van der Waals surface area contributed by atoms with Gasteiger partial charge in [-0.05, 0) is 30.3 Å². The number of halogens is 2. The molecule has 29 heavy (non-hydrogen) atoms. The summed E-state index contributed by atoms with van der Waals surface area (Å²) in [6.45, 7) is 0. The molecule has 0 saturated carbocycles. The number of benzene rings is 2. The van der Waals surface area contributed by atoms with Crippen LogP contribution in [0.5, 0.6) is 5.75 Å². The fourth-order valence-electron chi connectivity index (χ4n) is 2.76. The lowest BCUT2D eigenvalue weighted by atomic mass is 10.2. The topological polar surface area (TPSA) is 94.0 Å². The largest absolute Gasteiger partial charge is 0.496 e. The molecule has 0 spiro atoms. The number of nitrogens with zero attached hydrogens (tertiary/aromatic N) is 4. The van der Waals surface area contributed by atoms with E-state index in [0.29, 0.717) is 43.9 Å². The van der Waals surface area contributed by atoms with Crippen LogP contribution in [0, 0.1) is 0 Å². The molecule has 0 unspecified atom stereocenters. The first-order chi connectivity index (χ1) is 14.1. The first-order valence-electron chi connectivity index (χ1n) is 8.42. The number of ether oxygens (including phenoxy) is 1. The van der Waals surface area contributed by atoms with E-state index in [0.717, 1.165) is 0 Å². The van der Waals surface area contributed by atoms with Crippen molar-refractivity contribution in [3.05, 3.63) is 70.6 Å². The van der Waals surface area contributed by atoms with Gasteiger partial charge in [0.1, 0.15) is 12.1 Å². The molecule has 0 aliphatic heterocycles. The van der Waals surface area contributed by atoms with Crippen molar-refractivity contribution in [1.82, 2.24) is 25.2 Å². The van der Waals surface area contributed by atoms with Crippen molar-refractivity contribution in [2.45, 2.75) is 0 Å². The first-order valence-corrected chi connectivity index (χ1v) is 9.17. The van der Waals surface area contributed by atoms with Crippen LogP contribution in [0.4, 0.5) is 5.82 Å². The standard InChI is InChI=1S/C19H14Cl2N6O2/c1-29-16-5-3-2-4-12(16)19(28)26-25-17-13-9-24-27(18(13)23-10-22-17)11-6-7-14(20)15(21)8-11/h2-10H,1H3,(H,26,28)(H,22,23,25). The third-order valence-electron chi connectivity index (χ3n) is 4.16. The Labute approximate surface area is 175 Å². The van der Waals surface area contributed by atoms with Gasteiger partial charge >= 0.3 is 0 Å². The van der Waals surface area contributed by atoms with E-state index >= 15 is 0 Å². The number of fused-ring (bicyclic) bond motifs is 1. The average Bonchev–Trinajstić information content (AvgIpc) is 3.18. The number of para-hydroxylation sites is 1. The quantitative estimate of drug-likeness (QED) is 0.468. The Morgan fingerprint density at radius 1 is 1.10 bits per heavy atom. The molecule has 0 aliphatic rings. The van der Waals surface area contributed by atoms with E-state index in [1.165, 1.54) is 13.4 Å². The van der Waals surface area contributed by atoms with E-state index in [1.54, 1.807) is 53.3 Å². The molecule has 146 valence electrons. The Morgan fingerprint density at radius 3 is 2.72 bits per heavy atom. The molecular weight excluding hydrogens is 415 g/mol. The van der Waals surface area contributed by atoms with Crippen molar-refractivity contribution in [1.29, 1.82) is 0 Å². The zero-order chi connectivity index (χ0) is 20.4. The Kier molecular flexibility index (Phi) is 5.20. The molecule has 4 rings (SSSR count). The highest BCUT2D eigenvalue weighted by Crippen LogP contribution is 2.27. The van der Waals surface area contributed by atoms with E-state index in [1.807, 2.05) is 0 Å². The van der Waals surface area contributed by atoms with Gasteiger partial charge in [0, 0.05) is 0 Å². The Hall–Kier alpha value is -3.36. The number of aromatic nitrogens is 4. The van der Waals surface area contributed by atoms with Gasteiger partial charge in [-0.1, -0.05) is 35.3 Å². The van der Waals surface area contributed by atoms with Crippen molar-refractivity contribution >= 4 is 46.0 Å². The van der Waals surface area contributed by atoms with E-state index in [4.69, 9.17) is 27.9 Å². The third kappa shape index (κ3) is 3.67. The molecule has 4 aromatic rings. The summed E-state index contributed by atoms with van der Waals surface area (Å²) >= 11 is 12.1. The van der Waals surface area contributed by atoms with Gasteiger partial charge in [0.15, 0.2) is 11.5 Å². The number of methoxy groups -OCH3 is 1. The van der Waals surface area contributed by atoms with Crippen molar-refractivity contribution in [2.24, 2.45) is 0 Å². The maximum absolute atomic E-state index is 12.5. The van der Waals surface area contributed by atoms with Crippen LogP contribution in [-0.2, 0) is 0 Å². The molecule has 0 radical (unpaired) electrons. The lowest BCUT2D eigenvalue weighted by Crippen LogP contribution is -2.30. The summed E-state index contributed by atoms with van der Waals surface area (Å²) < 4.78 is 6.81. The van der Waals surface area contributed by atoms with Crippen LogP contribution >= 0.6 is 23.2 Å². The van der Waals surface area contributed by atoms with Crippen LogP contribution in [0.1, 0.15) is 10.4 Å². The van der Waals surface area contributed by atoms with Crippen molar-refractivity contribution < 1.29 is 9.53 Å². The summed E-state index contributed by atoms with van der Waals surface area (Å²) in [6, 6.07) is 12.1. The fraction of sp³-hybridized carbons (Fsp3) is 0.0526. The summed E-state index contributed by atoms with van der Waals surface area (Å²) in [7, 11) is 1.50. The number of hydrogen-bond donors (Lipinski definition) is 2. The molecule has 10 heteroatoms. The van der Waals surface area contributed by atoms with Crippen LogP contribution in [0.2, 0.25) is 10.0 Å². The number of nitrogens with one attached hydrogen (secondary N) is 2. The van der Waals surface area contributed by atoms with E-state index < -0.39 is 0 Å². The number of hydrogen-bond acceptors (Lipinski definition) is 6. The number of carbonyl (C=O) groups excluding carboxylic acids is 1. The summed E-state index contributed by atoms with van der Waals surface area (Å²) in [6.07, 6.45) is 2.96. The van der Waals surface area contributed by atoms with Gasteiger partial charge in [-0.2, -0.15) is 5.10 Å². The zero-order valence-electron chi connectivity index (χ0n) is 15.1. The van der Waals surface area contributed by atoms with Gasteiger partial charge in [-0.25, -0.2) is 14.6 Å². The molecule has 8 nitrogen and oxygen atoms in total. The van der Waals surface area contributed by atoms with Crippen molar-refractivity contribution in [3.8, 4) is 11.4 Å². The fourth-order valence-corrected chi connectivity index (χ4v) is 3.06. The third-order valence-corrected chi connectivity index (χ3v) is 4.90. The minimum absolute atomic E-state index is 0.369. The molecule has 2 heterocycles.